The van der Waals surface area contributed by atoms with Crippen molar-refractivity contribution in [2.45, 2.75) is 37.9 Å². The highest BCUT2D eigenvalue weighted by Gasteiger charge is 2.26. The molecule has 1 fully saturated rings. The van der Waals surface area contributed by atoms with Crippen LogP contribution in [0.1, 0.15) is 26.3 Å². The van der Waals surface area contributed by atoms with Crippen molar-refractivity contribution in [3.8, 4) is 5.75 Å². The third kappa shape index (κ3) is 6.24. The number of hydrogen-bond donors (Lipinski definition) is 0. The van der Waals surface area contributed by atoms with Crippen LogP contribution in [-0.4, -0.2) is 63.5 Å². The van der Waals surface area contributed by atoms with Crippen LogP contribution in [0.3, 0.4) is 0 Å². The van der Waals surface area contributed by atoms with Crippen LogP contribution < -0.4 is 9.64 Å². The maximum absolute atomic E-state index is 12.2. The molecule has 0 radical (unpaired) electrons. The minimum absolute atomic E-state index is 0.287. The minimum Gasteiger partial charge on any atom is -0.612 e. The average Bonchev–Trinajstić information content (AvgIpc) is 2.72. The smallest absolute Gasteiger partial charge is 0.410 e. The number of piperazine rings is 1. The van der Waals surface area contributed by atoms with Gasteiger partial charge in [0.2, 0.25) is 5.95 Å². The third-order valence-corrected chi connectivity index (χ3v) is 5.43. The minimum atomic E-state index is -0.986. The summed E-state index contributed by atoms with van der Waals surface area (Å²) in [5.74, 6) is 1.19. The number of benzene rings is 1. The van der Waals surface area contributed by atoms with Crippen molar-refractivity contribution in [2.75, 3.05) is 37.3 Å². The van der Waals surface area contributed by atoms with E-state index in [1.807, 2.05) is 49.9 Å². The molecule has 0 saturated carbocycles. The van der Waals surface area contributed by atoms with Crippen LogP contribution in [0.2, 0.25) is 0 Å². The number of rotatable bonds is 5. The Kier molecular flexibility index (Phi) is 7.04. The normalized spacial score (nSPS) is 15.6. The Labute approximate surface area is 180 Å². The van der Waals surface area contributed by atoms with E-state index in [2.05, 4.69) is 9.97 Å². The number of ether oxygens (including phenoxy) is 2. The summed E-state index contributed by atoms with van der Waals surface area (Å²) in [6, 6.07) is 7.48. The molecule has 3 rings (SSSR count). The van der Waals surface area contributed by atoms with Crippen LogP contribution in [0.15, 0.2) is 41.6 Å². The molecule has 1 amide bonds. The molecular weight excluding hydrogens is 404 g/mol. The van der Waals surface area contributed by atoms with Crippen LogP contribution in [0.25, 0.3) is 0 Å². The van der Waals surface area contributed by atoms with E-state index < -0.39 is 16.8 Å². The van der Waals surface area contributed by atoms with Gasteiger partial charge >= 0.3 is 6.09 Å². The van der Waals surface area contributed by atoms with E-state index in [1.165, 1.54) is 0 Å². The summed E-state index contributed by atoms with van der Waals surface area (Å²) >= 11 is -0.986. The fourth-order valence-corrected chi connectivity index (χ4v) is 3.43. The summed E-state index contributed by atoms with van der Waals surface area (Å²) in [5.41, 5.74) is 0.482. The number of nitrogens with zero attached hydrogens (tertiary/aromatic N) is 4. The van der Waals surface area contributed by atoms with E-state index in [0.29, 0.717) is 44.5 Å². The van der Waals surface area contributed by atoms with Crippen LogP contribution >= 0.6 is 0 Å². The Morgan fingerprint density at radius 2 is 1.70 bits per heavy atom. The van der Waals surface area contributed by atoms with Gasteiger partial charge in [0.25, 0.3) is 0 Å². The van der Waals surface area contributed by atoms with E-state index in [0.717, 1.165) is 10.5 Å². The number of carbonyl (C=O) groups excluding carboxylic acids is 1. The molecule has 1 aliphatic heterocycles. The molecule has 162 valence electrons. The number of amides is 1. The summed E-state index contributed by atoms with van der Waals surface area (Å²) in [6.45, 7) is 8.39. The van der Waals surface area contributed by atoms with Gasteiger partial charge in [0.05, 0.1) is 12.4 Å². The van der Waals surface area contributed by atoms with Crippen molar-refractivity contribution >= 4 is 23.2 Å². The van der Waals surface area contributed by atoms with Crippen molar-refractivity contribution in [3.63, 3.8) is 0 Å². The maximum Gasteiger partial charge on any atom is 0.410 e. The van der Waals surface area contributed by atoms with E-state index in [9.17, 15) is 9.35 Å². The summed E-state index contributed by atoms with van der Waals surface area (Å²) in [5, 5.41) is 0. The zero-order valence-corrected chi connectivity index (χ0v) is 18.6. The molecule has 1 aromatic carbocycles. The summed E-state index contributed by atoms with van der Waals surface area (Å²) in [6.07, 6.45) is 4.67. The van der Waals surface area contributed by atoms with Crippen molar-refractivity contribution in [1.82, 2.24) is 14.9 Å². The van der Waals surface area contributed by atoms with Gasteiger partial charge in [-0.3, -0.25) is 0 Å². The molecule has 8 nitrogen and oxygen atoms in total. The first-order valence-corrected chi connectivity index (χ1v) is 11.4. The molecule has 1 aliphatic rings. The molecule has 2 heterocycles. The summed E-state index contributed by atoms with van der Waals surface area (Å²) in [7, 11) is 0. The fraction of sp³-hybridized carbons (Fsp3) is 0.476. The molecular formula is C21H28N4O4S. The zero-order valence-electron chi connectivity index (χ0n) is 17.8. The second-order valence-corrected chi connectivity index (χ2v) is 9.44. The van der Waals surface area contributed by atoms with E-state index >= 15 is 0 Å². The zero-order chi connectivity index (χ0) is 21.7. The topological polar surface area (TPSA) is 90.9 Å². The van der Waals surface area contributed by atoms with Gasteiger partial charge in [0, 0.05) is 26.2 Å². The third-order valence-electron chi connectivity index (χ3n) is 4.49. The number of anilines is 1. The Bertz CT molecular complexity index is 830. The van der Waals surface area contributed by atoms with Crippen LogP contribution in [0.5, 0.6) is 5.75 Å². The van der Waals surface area contributed by atoms with E-state index in [4.69, 9.17) is 9.47 Å². The molecule has 1 unspecified atom stereocenters. The maximum atomic E-state index is 12.2. The highest BCUT2D eigenvalue weighted by molar-refractivity contribution is 7.90. The molecule has 0 N–H and O–H groups in total. The Morgan fingerprint density at radius 1 is 1.10 bits per heavy atom. The number of carbonyl (C=O) groups is 1. The lowest BCUT2D eigenvalue weighted by Gasteiger charge is -2.35. The first-order chi connectivity index (χ1) is 14.2. The molecule has 1 aromatic heterocycles. The Morgan fingerprint density at radius 3 is 2.23 bits per heavy atom. The van der Waals surface area contributed by atoms with Gasteiger partial charge in [-0.15, -0.1) is 0 Å². The predicted octanol–water partition coefficient (Wildman–Crippen LogP) is 2.85. The molecule has 0 spiro atoms. The molecule has 0 aliphatic carbocycles. The van der Waals surface area contributed by atoms with Gasteiger partial charge in [0.15, 0.2) is 10.6 Å². The van der Waals surface area contributed by atoms with Crippen LogP contribution in [0.4, 0.5) is 10.7 Å². The highest BCUT2D eigenvalue weighted by atomic mass is 32.2. The number of hydrogen-bond acceptors (Lipinski definition) is 7. The van der Waals surface area contributed by atoms with Gasteiger partial charge in [-0.2, -0.15) is 0 Å². The first-order valence-electron chi connectivity index (χ1n) is 9.81. The average molecular weight is 433 g/mol. The molecule has 30 heavy (non-hydrogen) atoms. The van der Waals surface area contributed by atoms with Gasteiger partial charge in [-0.05, 0) is 49.6 Å². The quantitative estimate of drug-likeness (QED) is 0.671. The van der Waals surface area contributed by atoms with Crippen LogP contribution in [0, 0.1) is 0 Å². The van der Waals surface area contributed by atoms with Crippen molar-refractivity contribution in [2.24, 2.45) is 0 Å². The fourth-order valence-electron chi connectivity index (χ4n) is 2.91. The van der Waals surface area contributed by atoms with Gasteiger partial charge in [-0.25, -0.2) is 14.8 Å². The molecule has 9 heteroatoms. The molecule has 0 bridgehead atoms. The SMILES string of the molecule is C[S+]([O-])c1ccc(COc2cnc(N3CCN(C(=O)OC(C)(C)C)CC3)nc2)cc1. The lowest BCUT2D eigenvalue weighted by atomic mass is 10.2. The second kappa shape index (κ2) is 9.53. The van der Waals surface area contributed by atoms with Crippen molar-refractivity contribution in [3.05, 3.63) is 42.2 Å². The summed E-state index contributed by atoms with van der Waals surface area (Å²) < 4.78 is 22.6. The van der Waals surface area contributed by atoms with E-state index in [-0.39, 0.29) is 6.09 Å². The highest BCUT2D eigenvalue weighted by Crippen LogP contribution is 2.18. The standard InChI is InChI=1S/C21H28N4O4S/c1-21(2,3)29-20(26)25-11-9-24(10-12-25)19-22-13-17(14-23-19)28-15-16-5-7-18(8-6-16)30(4)27/h5-8,13-14H,9-12,15H2,1-4H3. The molecule has 1 saturated heterocycles. The second-order valence-electron chi connectivity index (χ2n) is 8.06. The monoisotopic (exact) mass is 432 g/mol. The van der Waals surface area contributed by atoms with Gasteiger partial charge in [-0.1, -0.05) is 12.1 Å². The predicted molar refractivity (Wildman–Crippen MR) is 115 cm³/mol. The van der Waals surface area contributed by atoms with Gasteiger partial charge in [0.1, 0.15) is 18.5 Å². The Hall–Kier alpha value is -2.52. The molecule has 2 aromatic rings. The van der Waals surface area contributed by atoms with E-state index in [1.54, 1.807) is 23.5 Å². The Balaban J connectivity index is 1.48. The summed E-state index contributed by atoms with van der Waals surface area (Å²) in [4.78, 5) is 25.5. The van der Waals surface area contributed by atoms with Crippen molar-refractivity contribution in [1.29, 1.82) is 0 Å². The van der Waals surface area contributed by atoms with Gasteiger partial charge < -0.3 is 23.8 Å². The molecule has 1 atom stereocenters. The van der Waals surface area contributed by atoms with Crippen molar-refractivity contribution < 1.29 is 18.8 Å². The lowest BCUT2D eigenvalue weighted by molar-refractivity contribution is 0.0240. The number of aromatic nitrogens is 2. The first kappa shape index (κ1) is 22.2. The largest absolute Gasteiger partial charge is 0.612 e. The lowest BCUT2D eigenvalue weighted by Crippen LogP contribution is -2.50. The van der Waals surface area contributed by atoms with Crippen LogP contribution in [-0.2, 0) is 22.5 Å².